The minimum absolute atomic E-state index is 0.0404. The molecule has 0 aromatic heterocycles. The molecule has 0 bridgehead atoms. The van der Waals surface area contributed by atoms with Gasteiger partial charge in [-0.2, -0.15) is 0 Å². The molecule has 0 atom stereocenters. The lowest BCUT2D eigenvalue weighted by Gasteiger charge is -2.17. The second-order valence-electron chi connectivity index (χ2n) is 4.74. The van der Waals surface area contributed by atoms with Crippen LogP contribution in [0.25, 0.3) is 0 Å². The lowest BCUT2D eigenvalue weighted by molar-refractivity contribution is 0.251. The second kappa shape index (κ2) is 8.55. The first-order chi connectivity index (χ1) is 10.6. The summed E-state index contributed by atoms with van der Waals surface area (Å²) in [5, 5.41) is 4.64. The Morgan fingerprint density at radius 3 is 2.52 bits per heavy atom. The number of halogens is 3. The summed E-state index contributed by atoms with van der Waals surface area (Å²) in [4.78, 5) is 11.6. The topological polar surface area (TPSA) is 78.5 Å². The van der Waals surface area contributed by atoms with Gasteiger partial charge in [0, 0.05) is 25.7 Å². The van der Waals surface area contributed by atoms with Gasteiger partial charge in [-0.05, 0) is 28.4 Å². The van der Waals surface area contributed by atoms with E-state index in [-0.39, 0.29) is 23.2 Å². The Morgan fingerprint density at radius 1 is 1.30 bits per heavy atom. The zero-order valence-corrected chi connectivity index (χ0v) is 15.1. The van der Waals surface area contributed by atoms with Crippen LogP contribution in [-0.2, 0) is 10.0 Å². The molecule has 130 valence electrons. The third kappa shape index (κ3) is 6.40. The van der Waals surface area contributed by atoms with E-state index in [1.807, 2.05) is 0 Å². The third-order valence-electron chi connectivity index (χ3n) is 2.95. The molecule has 0 saturated heterocycles. The average Bonchev–Trinajstić information content (AvgIpc) is 2.43. The fourth-order valence-electron chi connectivity index (χ4n) is 1.80. The highest BCUT2D eigenvalue weighted by Gasteiger charge is 2.14. The number of rotatable bonds is 7. The Hall–Kier alpha value is -1.26. The molecule has 1 rings (SSSR count). The first kappa shape index (κ1) is 19.8. The van der Waals surface area contributed by atoms with Gasteiger partial charge in [-0.25, -0.2) is 26.3 Å². The van der Waals surface area contributed by atoms with Gasteiger partial charge in [0.1, 0.15) is 11.6 Å². The van der Waals surface area contributed by atoms with Crippen LogP contribution in [0.15, 0.2) is 16.6 Å². The number of sulfonamides is 1. The molecule has 1 aromatic carbocycles. The minimum atomic E-state index is -3.27. The molecule has 0 aliphatic carbocycles. The van der Waals surface area contributed by atoms with Crippen molar-refractivity contribution in [1.82, 2.24) is 9.62 Å². The van der Waals surface area contributed by atoms with Crippen LogP contribution in [0.2, 0.25) is 0 Å². The lowest BCUT2D eigenvalue weighted by atomic mass is 10.3. The van der Waals surface area contributed by atoms with E-state index in [1.54, 1.807) is 6.92 Å². The van der Waals surface area contributed by atoms with Crippen LogP contribution in [0.3, 0.4) is 0 Å². The van der Waals surface area contributed by atoms with Crippen LogP contribution in [0, 0.1) is 11.6 Å². The lowest BCUT2D eigenvalue weighted by Crippen LogP contribution is -2.35. The SMILES string of the molecule is CCN(CCCNC(=O)Nc1cc(F)c(Br)cc1F)S(C)(=O)=O. The van der Waals surface area contributed by atoms with Crippen molar-refractivity contribution >= 4 is 37.7 Å². The molecule has 10 heteroatoms. The van der Waals surface area contributed by atoms with Crippen molar-refractivity contribution in [3.63, 3.8) is 0 Å². The predicted octanol–water partition coefficient (Wildman–Crippen LogP) is 2.52. The Kier molecular flexibility index (Phi) is 7.36. The maximum atomic E-state index is 13.5. The average molecular weight is 414 g/mol. The zero-order valence-electron chi connectivity index (χ0n) is 12.7. The quantitative estimate of drug-likeness (QED) is 0.532. The van der Waals surface area contributed by atoms with Gasteiger partial charge in [-0.1, -0.05) is 6.92 Å². The summed E-state index contributed by atoms with van der Waals surface area (Å²) in [5.74, 6) is -1.48. The van der Waals surface area contributed by atoms with Gasteiger partial charge in [-0.15, -0.1) is 0 Å². The van der Waals surface area contributed by atoms with Crippen LogP contribution >= 0.6 is 15.9 Å². The highest BCUT2D eigenvalue weighted by molar-refractivity contribution is 9.10. The van der Waals surface area contributed by atoms with Gasteiger partial charge in [0.25, 0.3) is 0 Å². The smallest absolute Gasteiger partial charge is 0.319 e. The molecular formula is C13H18BrF2N3O3S. The van der Waals surface area contributed by atoms with Crippen molar-refractivity contribution in [1.29, 1.82) is 0 Å². The Balaban J connectivity index is 2.45. The number of carbonyl (C=O) groups excluding carboxylic acids is 1. The molecule has 0 spiro atoms. The van der Waals surface area contributed by atoms with E-state index in [4.69, 9.17) is 0 Å². The van der Waals surface area contributed by atoms with Crippen LogP contribution in [0.4, 0.5) is 19.3 Å². The molecule has 0 aliphatic rings. The zero-order chi connectivity index (χ0) is 17.6. The number of carbonyl (C=O) groups is 1. The maximum Gasteiger partial charge on any atom is 0.319 e. The summed E-state index contributed by atoms with van der Waals surface area (Å²) in [6.45, 7) is 2.51. The molecule has 23 heavy (non-hydrogen) atoms. The van der Waals surface area contributed by atoms with E-state index in [2.05, 4.69) is 26.6 Å². The number of anilines is 1. The van der Waals surface area contributed by atoms with Gasteiger partial charge in [0.05, 0.1) is 16.4 Å². The van der Waals surface area contributed by atoms with Gasteiger partial charge >= 0.3 is 6.03 Å². The van der Waals surface area contributed by atoms with Crippen molar-refractivity contribution in [2.75, 3.05) is 31.2 Å². The van der Waals surface area contributed by atoms with E-state index in [1.165, 1.54) is 4.31 Å². The third-order valence-corrected chi connectivity index (χ3v) is 4.94. The number of nitrogens with zero attached hydrogens (tertiary/aromatic N) is 1. The largest absolute Gasteiger partial charge is 0.338 e. The van der Waals surface area contributed by atoms with E-state index in [0.717, 1.165) is 18.4 Å². The van der Waals surface area contributed by atoms with Crippen LogP contribution in [-0.4, -0.2) is 44.6 Å². The van der Waals surface area contributed by atoms with Gasteiger partial charge in [0.15, 0.2) is 0 Å². The van der Waals surface area contributed by atoms with Crippen molar-refractivity contribution < 1.29 is 22.0 Å². The standard InChI is InChI=1S/C13H18BrF2N3O3S/c1-3-19(23(2,21)22)6-4-5-17-13(20)18-12-8-10(15)9(14)7-11(12)16/h7-8H,3-6H2,1-2H3,(H2,17,18,20). The summed E-state index contributed by atoms with van der Waals surface area (Å²) in [6.07, 6.45) is 1.51. The van der Waals surface area contributed by atoms with Gasteiger partial charge < -0.3 is 10.6 Å². The Labute approximate surface area is 142 Å². The number of nitrogens with one attached hydrogen (secondary N) is 2. The van der Waals surface area contributed by atoms with Crippen LogP contribution < -0.4 is 10.6 Å². The van der Waals surface area contributed by atoms with Crippen molar-refractivity contribution in [3.05, 3.63) is 28.2 Å². The van der Waals surface area contributed by atoms with E-state index >= 15 is 0 Å². The summed E-state index contributed by atoms with van der Waals surface area (Å²) in [5.41, 5.74) is -0.283. The second-order valence-corrected chi connectivity index (χ2v) is 7.57. The predicted molar refractivity (Wildman–Crippen MR) is 87.8 cm³/mol. The summed E-state index contributed by atoms with van der Waals surface area (Å²) in [6, 6.07) is 1.07. The number of hydrogen-bond acceptors (Lipinski definition) is 3. The van der Waals surface area contributed by atoms with E-state index in [9.17, 15) is 22.0 Å². The molecule has 0 radical (unpaired) electrons. The molecular weight excluding hydrogens is 396 g/mol. The number of benzene rings is 1. The molecule has 2 N–H and O–H groups in total. The van der Waals surface area contributed by atoms with Crippen molar-refractivity contribution in [2.45, 2.75) is 13.3 Å². The molecule has 0 fully saturated rings. The molecule has 1 aromatic rings. The maximum absolute atomic E-state index is 13.5. The first-order valence-corrected chi connectivity index (χ1v) is 9.43. The fourth-order valence-corrected chi connectivity index (χ4v) is 3.05. The monoisotopic (exact) mass is 413 g/mol. The molecule has 0 aliphatic heterocycles. The van der Waals surface area contributed by atoms with E-state index in [0.29, 0.717) is 13.0 Å². The van der Waals surface area contributed by atoms with Gasteiger partial charge in [-0.3, -0.25) is 0 Å². The summed E-state index contributed by atoms with van der Waals surface area (Å²) in [7, 11) is -3.27. The molecule has 0 heterocycles. The molecule has 2 amide bonds. The summed E-state index contributed by atoms with van der Waals surface area (Å²) < 4.78 is 50.8. The van der Waals surface area contributed by atoms with Crippen LogP contribution in [0.1, 0.15) is 13.3 Å². The molecule has 0 saturated carbocycles. The highest BCUT2D eigenvalue weighted by Crippen LogP contribution is 2.23. The summed E-state index contributed by atoms with van der Waals surface area (Å²) >= 11 is 2.84. The Morgan fingerprint density at radius 2 is 1.96 bits per heavy atom. The highest BCUT2D eigenvalue weighted by atomic mass is 79.9. The van der Waals surface area contributed by atoms with Gasteiger partial charge in [0.2, 0.25) is 10.0 Å². The molecule has 6 nitrogen and oxygen atoms in total. The van der Waals surface area contributed by atoms with Crippen molar-refractivity contribution in [2.24, 2.45) is 0 Å². The van der Waals surface area contributed by atoms with E-state index < -0.39 is 27.7 Å². The minimum Gasteiger partial charge on any atom is -0.338 e. The first-order valence-electron chi connectivity index (χ1n) is 6.79. The normalized spacial score (nSPS) is 11.6. The number of amides is 2. The number of urea groups is 1. The number of hydrogen-bond donors (Lipinski definition) is 2. The fraction of sp³-hybridized carbons (Fsp3) is 0.462. The van der Waals surface area contributed by atoms with Crippen LogP contribution in [0.5, 0.6) is 0 Å². The Bertz CT molecular complexity index is 671. The molecule has 0 unspecified atom stereocenters. The van der Waals surface area contributed by atoms with Crippen molar-refractivity contribution in [3.8, 4) is 0 Å².